The number of nitrogens with zero attached hydrogens (tertiary/aromatic N) is 5. The maximum Gasteiger partial charge on any atom is 0.322 e. The predicted molar refractivity (Wildman–Crippen MR) is 139 cm³/mol. The average Bonchev–Trinajstić information content (AvgIpc) is 3.58. The van der Waals surface area contributed by atoms with Crippen LogP contribution in [0.1, 0.15) is 16.7 Å². The van der Waals surface area contributed by atoms with Crippen LogP contribution in [0.3, 0.4) is 0 Å². The summed E-state index contributed by atoms with van der Waals surface area (Å²) in [5, 5.41) is 11.7. The Kier molecular flexibility index (Phi) is 6.09. The highest BCUT2D eigenvalue weighted by atomic mass is 16.5. The monoisotopic (exact) mass is 480 g/mol. The Morgan fingerprint density at radius 2 is 1.58 bits per heavy atom. The first kappa shape index (κ1) is 22.3. The lowest BCUT2D eigenvalue weighted by Gasteiger charge is -2.28. The van der Waals surface area contributed by atoms with Crippen LogP contribution in [-0.2, 0) is 24.4 Å². The Bertz CT molecular complexity index is 1320. The molecule has 1 saturated heterocycles. The maximum atomic E-state index is 12.7. The van der Waals surface area contributed by atoms with Crippen molar-refractivity contribution in [2.75, 3.05) is 36.5 Å². The van der Waals surface area contributed by atoms with Gasteiger partial charge in [-0.3, -0.25) is 0 Å². The SMILES string of the molecule is O=C(Nc1ccc(-c2cn(Cc3ccc(N4CCOCC4)cc3)nn2)cc1)N1Cc2ccccc2C1. The number of hydrogen-bond acceptors (Lipinski definition) is 5. The van der Waals surface area contributed by atoms with Crippen LogP contribution >= 0.6 is 0 Å². The van der Waals surface area contributed by atoms with Gasteiger partial charge in [0, 0.05) is 43.1 Å². The van der Waals surface area contributed by atoms with Gasteiger partial charge in [-0.2, -0.15) is 0 Å². The zero-order valence-electron chi connectivity index (χ0n) is 20.0. The molecule has 4 aromatic rings. The van der Waals surface area contributed by atoms with Crippen LogP contribution in [0.2, 0.25) is 0 Å². The molecular formula is C28H28N6O2. The average molecular weight is 481 g/mol. The normalized spacial score (nSPS) is 15.1. The van der Waals surface area contributed by atoms with Crippen molar-refractivity contribution < 1.29 is 9.53 Å². The van der Waals surface area contributed by atoms with Crippen LogP contribution < -0.4 is 10.2 Å². The van der Waals surface area contributed by atoms with Crippen molar-refractivity contribution in [3.8, 4) is 11.3 Å². The second-order valence-corrected chi connectivity index (χ2v) is 9.20. The molecule has 1 aromatic heterocycles. The Morgan fingerprint density at radius 3 is 2.28 bits per heavy atom. The van der Waals surface area contributed by atoms with Crippen LogP contribution in [0.4, 0.5) is 16.2 Å². The second-order valence-electron chi connectivity index (χ2n) is 9.20. The molecular weight excluding hydrogens is 452 g/mol. The van der Waals surface area contributed by atoms with E-state index < -0.39 is 0 Å². The van der Waals surface area contributed by atoms with Crippen molar-refractivity contribution in [3.05, 3.63) is 95.7 Å². The number of benzene rings is 3. The summed E-state index contributed by atoms with van der Waals surface area (Å²) in [6, 6.07) is 24.4. The summed E-state index contributed by atoms with van der Waals surface area (Å²) in [5.41, 5.74) is 7.32. The number of carbonyl (C=O) groups excluding carboxylic acids is 1. The minimum Gasteiger partial charge on any atom is -0.378 e. The van der Waals surface area contributed by atoms with Crippen LogP contribution in [0.25, 0.3) is 11.3 Å². The van der Waals surface area contributed by atoms with Gasteiger partial charge < -0.3 is 19.9 Å². The molecule has 0 aliphatic carbocycles. The molecule has 0 saturated carbocycles. The standard InChI is InChI=1S/C28H28N6O2/c35-28(33-18-23-3-1-2-4-24(23)19-33)29-25-9-7-22(8-10-25)27-20-34(31-30-27)17-21-5-11-26(12-6-21)32-13-15-36-16-14-32/h1-12,20H,13-19H2,(H,29,35). The molecule has 182 valence electrons. The molecule has 0 radical (unpaired) electrons. The smallest absolute Gasteiger partial charge is 0.322 e. The van der Waals surface area contributed by atoms with Gasteiger partial charge in [0.1, 0.15) is 5.69 Å². The fourth-order valence-electron chi connectivity index (χ4n) is 4.73. The van der Waals surface area contributed by atoms with Gasteiger partial charge in [0.15, 0.2) is 0 Å². The fourth-order valence-corrected chi connectivity index (χ4v) is 4.73. The molecule has 2 aliphatic heterocycles. The molecule has 1 fully saturated rings. The molecule has 0 atom stereocenters. The van der Waals surface area contributed by atoms with E-state index in [1.54, 1.807) is 0 Å². The number of carbonyl (C=O) groups is 1. The van der Waals surface area contributed by atoms with Gasteiger partial charge in [0.25, 0.3) is 0 Å². The van der Waals surface area contributed by atoms with Crippen molar-refractivity contribution in [1.82, 2.24) is 19.9 Å². The zero-order chi connectivity index (χ0) is 24.3. The Balaban J connectivity index is 1.05. The highest BCUT2D eigenvalue weighted by Gasteiger charge is 2.22. The molecule has 0 bridgehead atoms. The van der Waals surface area contributed by atoms with Crippen LogP contribution in [0, 0.1) is 0 Å². The van der Waals surface area contributed by atoms with Crippen molar-refractivity contribution in [2.45, 2.75) is 19.6 Å². The largest absolute Gasteiger partial charge is 0.378 e. The third kappa shape index (κ3) is 4.81. The van der Waals surface area contributed by atoms with Crippen molar-refractivity contribution in [3.63, 3.8) is 0 Å². The summed E-state index contributed by atoms with van der Waals surface area (Å²) in [7, 11) is 0. The number of urea groups is 1. The van der Waals surface area contributed by atoms with Gasteiger partial charge >= 0.3 is 6.03 Å². The van der Waals surface area contributed by atoms with E-state index in [9.17, 15) is 4.79 Å². The number of nitrogens with one attached hydrogen (secondary N) is 1. The first-order valence-electron chi connectivity index (χ1n) is 12.3. The number of amides is 2. The molecule has 2 amide bonds. The number of morpholine rings is 1. The van der Waals surface area contributed by atoms with Crippen LogP contribution in [0.15, 0.2) is 79.0 Å². The Labute approximate surface area is 210 Å². The highest BCUT2D eigenvalue weighted by Crippen LogP contribution is 2.24. The molecule has 3 heterocycles. The molecule has 8 nitrogen and oxygen atoms in total. The molecule has 6 rings (SSSR count). The third-order valence-corrected chi connectivity index (χ3v) is 6.76. The summed E-state index contributed by atoms with van der Waals surface area (Å²) in [6.07, 6.45) is 1.95. The minimum absolute atomic E-state index is 0.0930. The fraction of sp³-hybridized carbons (Fsp3) is 0.250. The summed E-state index contributed by atoms with van der Waals surface area (Å²) < 4.78 is 7.28. The van der Waals surface area contributed by atoms with Gasteiger partial charge in [-0.15, -0.1) is 5.10 Å². The number of rotatable bonds is 5. The second kappa shape index (κ2) is 9.83. The van der Waals surface area contributed by atoms with Crippen molar-refractivity contribution >= 4 is 17.4 Å². The van der Waals surface area contributed by atoms with E-state index in [1.165, 1.54) is 22.4 Å². The molecule has 8 heteroatoms. The van der Waals surface area contributed by atoms with E-state index in [4.69, 9.17) is 4.74 Å². The van der Waals surface area contributed by atoms with Crippen molar-refractivity contribution in [1.29, 1.82) is 0 Å². The van der Waals surface area contributed by atoms with E-state index >= 15 is 0 Å². The number of anilines is 2. The minimum atomic E-state index is -0.0930. The summed E-state index contributed by atoms with van der Waals surface area (Å²) in [5.74, 6) is 0. The predicted octanol–water partition coefficient (Wildman–Crippen LogP) is 4.38. The van der Waals surface area contributed by atoms with E-state index in [0.717, 1.165) is 43.2 Å². The molecule has 0 spiro atoms. The van der Waals surface area contributed by atoms with Crippen molar-refractivity contribution in [2.24, 2.45) is 0 Å². The first-order valence-corrected chi connectivity index (χ1v) is 12.3. The van der Waals surface area contributed by atoms with E-state index in [2.05, 4.69) is 56.9 Å². The summed E-state index contributed by atoms with van der Waals surface area (Å²) in [4.78, 5) is 16.9. The zero-order valence-corrected chi connectivity index (χ0v) is 20.0. The third-order valence-electron chi connectivity index (χ3n) is 6.76. The number of fused-ring (bicyclic) bond motifs is 1. The Hall–Kier alpha value is -4.17. The Morgan fingerprint density at radius 1 is 0.889 bits per heavy atom. The molecule has 1 N–H and O–H groups in total. The highest BCUT2D eigenvalue weighted by molar-refractivity contribution is 5.90. The van der Waals surface area contributed by atoms with Gasteiger partial charge in [0.2, 0.25) is 0 Å². The first-order chi connectivity index (χ1) is 17.7. The molecule has 0 unspecified atom stereocenters. The van der Waals surface area contributed by atoms with Gasteiger partial charge in [-0.05, 0) is 41.0 Å². The lowest BCUT2D eigenvalue weighted by molar-refractivity contribution is 0.122. The molecule has 3 aromatic carbocycles. The van der Waals surface area contributed by atoms with Gasteiger partial charge in [-0.1, -0.05) is 53.7 Å². The lowest BCUT2D eigenvalue weighted by atomic mass is 10.1. The maximum absolute atomic E-state index is 12.7. The van der Waals surface area contributed by atoms with Gasteiger partial charge in [-0.25, -0.2) is 9.48 Å². The summed E-state index contributed by atoms with van der Waals surface area (Å²) in [6.45, 7) is 5.36. The number of hydrogen-bond donors (Lipinski definition) is 1. The number of ether oxygens (including phenoxy) is 1. The quantitative estimate of drug-likeness (QED) is 0.459. The van der Waals surface area contributed by atoms with Gasteiger partial charge in [0.05, 0.1) is 26.0 Å². The molecule has 2 aliphatic rings. The summed E-state index contributed by atoms with van der Waals surface area (Å²) >= 11 is 0. The van der Waals surface area contributed by atoms with E-state index in [-0.39, 0.29) is 6.03 Å². The van der Waals surface area contributed by atoms with Crippen LogP contribution in [-0.4, -0.2) is 52.2 Å². The lowest BCUT2D eigenvalue weighted by Crippen LogP contribution is -2.36. The number of aromatic nitrogens is 3. The topological polar surface area (TPSA) is 75.5 Å². The van der Waals surface area contributed by atoms with E-state index in [0.29, 0.717) is 19.6 Å². The van der Waals surface area contributed by atoms with E-state index in [1.807, 2.05) is 52.2 Å². The molecule has 36 heavy (non-hydrogen) atoms. The van der Waals surface area contributed by atoms with Crippen LogP contribution in [0.5, 0.6) is 0 Å².